The first-order valence-electron chi connectivity index (χ1n) is 6.90. The van der Waals surface area contributed by atoms with E-state index in [2.05, 4.69) is 5.32 Å². The molecular weight excluding hydrogens is 264 g/mol. The van der Waals surface area contributed by atoms with Crippen LogP contribution in [-0.2, 0) is 11.2 Å². The van der Waals surface area contributed by atoms with E-state index in [0.717, 1.165) is 12.0 Å². The van der Waals surface area contributed by atoms with E-state index in [9.17, 15) is 18.7 Å². The standard InChI is InChI=1S/C15H19F2NO2/c1-2-6-11-7-3-4-8-12(11)18-13(19)15(16,17)14(20)9-5-10-14/h3-4,7-8,20H,2,5-6,9-10H2,1H3,(H,18,19). The molecule has 0 aliphatic heterocycles. The number of amides is 1. The minimum absolute atomic E-state index is 0.0377. The maximum atomic E-state index is 14.0. The van der Waals surface area contributed by atoms with Crippen LogP contribution in [0.3, 0.4) is 0 Å². The van der Waals surface area contributed by atoms with Crippen LogP contribution in [0.15, 0.2) is 24.3 Å². The van der Waals surface area contributed by atoms with Crippen LogP contribution in [0.2, 0.25) is 0 Å². The Kier molecular flexibility index (Phi) is 4.09. The van der Waals surface area contributed by atoms with Gasteiger partial charge in [0.05, 0.1) is 0 Å². The third kappa shape index (κ3) is 2.54. The highest BCUT2D eigenvalue weighted by atomic mass is 19.3. The lowest BCUT2D eigenvalue weighted by molar-refractivity contribution is -0.212. The van der Waals surface area contributed by atoms with Gasteiger partial charge in [0, 0.05) is 5.69 Å². The average molecular weight is 283 g/mol. The highest BCUT2D eigenvalue weighted by Crippen LogP contribution is 2.44. The maximum absolute atomic E-state index is 14.0. The lowest BCUT2D eigenvalue weighted by Gasteiger charge is -2.41. The van der Waals surface area contributed by atoms with E-state index in [4.69, 9.17) is 0 Å². The predicted octanol–water partition coefficient (Wildman–Crippen LogP) is 3.13. The summed E-state index contributed by atoms with van der Waals surface area (Å²) in [6.07, 6.45) is 2.00. The first-order valence-corrected chi connectivity index (χ1v) is 6.90. The molecule has 0 heterocycles. The molecular formula is C15H19F2NO2. The molecule has 0 bridgehead atoms. The molecule has 1 fully saturated rings. The van der Waals surface area contributed by atoms with Crippen molar-refractivity contribution in [3.05, 3.63) is 29.8 Å². The van der Waals surface area contributed by atoms with E-state index in [1.54, 1.807) is 24.3 Å². The summed E-state index contributed by atoms with van der Waals surface area (Å²) in [6, 6.07) is 6.89. The van der Waals surface area contributed by atoms with Crippen LogP contribution in [0, 0.1) is 0 Å². The van der Waals surface area contributed by atoms with Gasteiger partial charge in [-0.05, 0) is 37.3 Å². The quantitative estimate of drug-likeness (QED) is 0.872. The molecule has 1 aliphatic carbocycles. The van der Waals surface area contributed by atoms with Crippen LogP contribution in [0.1, 0.15) is 38.2 Å². The van der Waals surface area contributed by atoms with Crippen molar-refractivity contribution in [3.63, 3.8) is 0 Å². The Hall–Kier alpha value is -1.49. The van der Waals surface area contributed by atoms with Crippen molar-refractivity contribution >= 4 is 11.6 Å². The zero-order chi connectivity index (χ0) is 14.8. The molecule has 1 aliphatic rings. The molecule has 0 aromatic heterocycles. The average Bonchev–Trinajstić information content (AvgIpc) is 2.38. The van der Waals surface area contributed by atoms with E-state index in [1.165, 1.54) is 0 Å². The molecule has 1 saturated carbocycles. The van der Waals surface area contributed by atoms with E-state index >= 15 is 0 Å². The van der Waals surface area contributed by atoms with Crippen molar-refractivity contribution in [1.82, 2.24) is 0 Å². The number of aliphatic hydroxyl groups is 1. The number of benzene rings is 1. The van der Waals surface area contributed by atoms with Crippen molar-refractivity contribution < 1.29 is 18.7 Å². The lowest BCUT2D eigenvalue weighted by Crippen LogP contribution is -2.59. The van der Waals surface area contributed by atoms with Crippen LogP contribution < -0.4 is 5.32 Å². The van der Waals surface area contributed by atoms with E-state index in [0.29, 0.717) is 18.5 Å². The van der Waals surface area contributed by atoms with Gasteiger partial charge in [-0.2, -0.15) is 8.78 Å². The zero-order valence-corrected chi connectivity index (χ0v) is 11.5. The number of hydrogen-bond acceptors (Lipinski definition) is 2. The fraction of sp³-hybridized carbons (Fsp3) is 0.533. The summed E-state index contributed by atoms with van der Waals surface area (Å²) in [5, 5.41) is 12.0. The monoisotopic (exact) mass is 283 g/mol. The van der Waals surface area contributed by atoms with E-state index in [1.807, 2.05) is 6.92 Å². The molecule has 0 spiro atoms. The van der Waals surface area contributed by atoms with Gasteiger partial charge in [0.15, 0.2) is 0 Å². The Morgan fingerprint density at radius 3 is 2.60 bits per heavy atom. The number of anilines is 1. The minimum atomic E-state index is -3.76. The number of halogens is 2. The van der Waals surface area contributed by atoms with Gasteiger partial charge < -0.3 is 10.4 Å². The van der Waals surface area contributed by atoms with Crippen LogP contribution >= 0.6 is 0 Å². The van der Waals surface area contributed by atoms with E-state index < -0.39 is 17.4 Å². The second-order valence-electron chi connectivity index (χ2n) is 5.32. The van der Waals surface area contributed by atoms with Crippen molar-refractivity contribution in [2.24, 2.45) is 0 Å². The Bertz CT molecular complexity index is 498. The molecule has 5 heteroatoms. The molecule has 1 amide bonds. The predicted molar refractivity (Wildman–Crippen MR) is 72.8 cm³/mol. The molecule has 0 saturated heterocycles. The number of carbonyl (C=O) groups is 1. The second kappa shape index (κ2) is 5.48. The fourth-order valence-corrected chi connectivity index (χ4v) is 2.37. The Balaban J connectivity index is 2.15. The molecule has 2 rings (SSSR count). The molecule has 110 valence electrons. The minimum Gasteiger partial charge on any atom is -0.383 e. The first-order chi connectivity index (χ1) is 9.40. The first kappa shape index (κ1) is 14.9. The smallest absolute Gasteiger partial charge is 0.352 e. The second-order valence-corrected chi connectivity index (χ2v) is 5.32. The number of alkyl halides is 2. The SMILES string of the molecule is CCCc1ccccc1NC(=O)C(F)(F)C1(O)CCC1. The third-order valence-corrected chi connectivity index (χ3v) is 3.84. The number of rotatable bonds is 5. The summed E-state index contributed by atoms with van der Waals surface area (Å²) < 4.78 is 28.0. The highest BCUT2D eigenvalue weighted by Gasteiger charge is 2.61. The number of para-hydroxylation sites is 1. The van der Waals surface area contributed by atoms with Gasteiger partial charge >= 0.3 is 5.92 Å². The lowest BCUT2D eigenvalue weighted by atomic mass is 9.75. The third-order valence-electron chi connectivity index (χ3n) is 3.84. The number of aryl methyl sites for hydroxylation is 1. The summed E-state index contributed by atoms with van der Waals surface area (Å²) in [6.45, 7) is 1.98. The van der Waals surface area contributed by atoms with E-state index in [-0.39, 0.29) is 12.8 Å². The summed E-state index contributed by atoms with van der Waals surface area (Å²) in [7, 11) is 0. The maximum Gasteiger partial charge on any atom is 0.352 e. The topological polar surface area (TPSA) is 49.3 Å². The number of carbonyl (C=O) groups excluding carboxylic acids is 1. The molecule has 1 aromatic carbocycles. The largest absolute Gasteiger partial charge is 0.383 e. The van der Waals surface area contributed by atoms with Gasteiger partial charge in [-0.1, -0.05) is 31.5 Å². The molecule has 0 unspecified atom stereocenters. The summed E-state index contributed by atoms with van der Waals surface area (Å²) >= 11 is 0. The van der Waals surface area contributed by atoms with Gasteiger partial charge in [-0.25, -0.2) is 0 Å². The Labute approximate surface area is 117 Å². The van der Waals surface area contributed by atoms with Crippen molar-refractivity contribution in [2.45, 2.75) is 50.6 Å². The van der Waals surface area contributed by atoms with Gasteiger partial charge in [0.25, 0.3) is 5.91 Å². The Morgan fingerprint density at radius 1 is 1.40 bits per heavy atom. The molecule has 0 radical (unpaired) electrons. The fourth-order valence-electron chi connectivity index (χ4n) is 2.37. The van der Waals surface area contributed by atoms with Crippen molar-refractivity contribution in [1.29, 1.82) is 0 Å². The summed E-state index contributed by atoms with van der Waals surface area (Å²) in [5.74, 6) is -5.19. The van der Waals surface area contributed by atoms with Gasteiger partial charge in [-0.3, -0.25) is 4.79 Å². The van der Waals surface area contributed by atoms with Gasteiger partial charge in [0.2, 0.25) is 0 Å². The summed E-state index contributed by atoms with van der Waals surface area (Å²) in [4.78, 5) is 11.8. The normalized spacial score (nSPS) is 17.4. The number of hydrogen-bond donors (Lipinski definition) is 2. The van der Waals surface area contributed by atoms with Crippen LogP contribution in [0.25, 0.3) is 0 Å². The van der Waals surface area contributed by atoms with Crippen LogP contribution in [0.5, 0.6) is 0 Å². The zero-order valence-electron chi connectivity index (χ0n) is 11.5. The molecule has 3 nitrogen and oxygen atoms in total. The molecule has 1 aromatic rings. The van der Waals surface area contributed by atoms with Crippen molar-refractivity contribution in [2.75, 3.05) is 5.32 Å². The van der Waals surface area contributed by atoms with Crippen molar-refractivity contribution in [3.8, 4) is 0 Å². The highest BCUT2D eigenvalue weighted by molar-refractivity contribution is 5.97. The van der Waals surface area contributed by atoms with Gasteiger partial charge in [0.1, 0.15) is 5.60 Å². The summed E-state index contributed by atoms with van der Waals surface area (Å²) in [5.41, 5.74) is -0.974. The van der Waals surface area contributed by atoms with Crippen LogP contribution in [-0.4, -0.2) is 22.5 Å². The molecule has 0 atom stereocenters. The van der Waals surface area contributed by atoms with Gasteiger partial charge in [-0.15, -0.1) is 0 Å². The Morgan fingerprint density at radius 2 is 2.05 bits per heavy atom. The molecule has 20 heavy (non-hydrogen) atoms. The number of nitrogens with one attached hydrogen (secondary N) is 1. The molecule has 2 N–H and O–H groups in total. The van der Waals surface area contributed by atoms with Crippen LogP contribution in [0.4, 0.5) is 14.5 Å².